The number of fused-ring (bicyclic) bond motifs is 1. The Balaban J connectivity index is 1.74. The number of para-hydroxylation sites is 2. The first kappa shape index (κ1) is 15.9. The number of nitrogens with zero attached hydrogens (tertiary/aromatic N) is 3. The largest absolute Gasteiger partial charge is 0.496 e. The summed E-state index contributed by atoms with van der Waals surface area (Å²) in [4.78, 5) is 12.9. The first-order valence-corrected chi connectivity index (χ1v) is 8.08. The normalized spacial score (nSPS) is 10.8. The number of nitrogens with one attached hydrogen (secondary N) is 2. The number of H-pyrrole nitrogens is 1. The van der Waals surface area contributed by atoms with Crippen LogP contribution in [0.1, 0.15) is 10.4 Å². The van der Waals surface area contributed by atoms with Crippen LogP contribution in [0.3, 0.4) is 0 Å². The van der Waals surface area contributed by atoms with Crippen LogP contribution < -0.4 is 10.1 Å². The Bertz CT molecular complexity index is 1100. The van der Waals surface area contributed by atoms with Gasteiger partial charge in [-0.1, -0.05) is 24.3 Å². The van der Waals surface area contributed by atoms with E-state index in [-0.39, 0.29) is 5.91 Å². The lowest BCUT2D eigenvalue weighted by Crippen LogP contribution is -2.12. The number of hydrogen-bond donors (Lipinski definition) is 2. The van der Waals surface area contributed by atoms with Gasteiger partial charge in [-0.2, -0.15) is 10.2 Å². The summed E-state index contributed by atoms with van der Waals surface area (Å²) in [5, 5.41) is 15.3. The predicted molar refractivity (Wildman–Crippen MR) is 99.2 cm³/mol. The topological polar surface area (TPSA) is 84.8 Å². The molecule has 130 valence electrons. The molecule has 2 heterocycles. The third kappa shape index (κ3) is 2.69. The van der Waals surface area contributed by atoms with Gasteiger partial charge >= 0.3 is 0 Å². The van der Waals surface area contributed by atoms with Crippen molar-refractivity contribution in [1.29, 1.82) is 0 Å². The van der Waals surface area contributed by atoms with Gasteiger partial charge in [-0.15, -0.1) is 0 Å². The highest BCUT2D eigenvalue weighted by Gasteiger charge is 2.20. The highest BCUT2D eigenvalue weighted by molar-refractivity contribution is 6.11. The molecule has 4 aromatic rings. The third-order valence-corrected chi connectivity index (χ3v) is 4.16. The molecule has 0 saturated heterocycles. The van der Waals surface area contributed by atoms with Crippen LogP contribution in [0, 0.1) is 0 Å². The van der Waals surface area contributed by atoms with Crippen molar-refractivity contribution in [2.75, 3.05) is 12.4 Å². The highest BCUT2D eigenvalue weighted by Crippen LogP contribution is 2.31. The summed E-state index contributed by atoms with van der Waals surface area (Å²) in [6.07, 6.45) is 3.42. The zero-order chi connectivity index (χ0) is 18.1. The summed E-state index contributed by atoms with van der Waals surface area (Å²) < 4.78 is 7.03. The summed E-state index contributed by atoms with van der Waals surface area (Å²) in [6.45, 7) is 0. The molecule has 1 amide bonds. The fourth-order valence-electron chi connectivity index (χ4n) is 2.96. The van der Waals surface area contributed by atoms with Crippen LogP contribution in [0.4, 0.5) is 5.69 Å². The average Bonchev–Trinajstić information content (AvgIpc) is 3.28. The molecule has 0 saturated carbocycles. The summed E-state index contributed by atoms with van der Waals surface area (Å²) in [6, 6.07) is 13.1. The SMILES string of the molecule is COc1ccccc1-c1nn(C)cc1C(=O)Nc1cccc2cn[nH]c12. The van der Waals surface area contributed by atoms with E-state index in [1.165, 1.54) is 0 Å². The monoisotopic (exact) mass is 347 g/mol. The zero-order valence-corrected chi connectivity index (χ0v) is 14.4. The van der Waals surface area contributed by atoms with Crippen molar-refractivity contribution < 1.29 is 9.53 Å². The standard InChI is InChI=1S/C19H17N5O2/c1-24-11-14(18(23-24)13-7-3-4-9-16(13)26-2)19(25)21-15-8-5-6-12-10-20-22-17(12)15/h3-11H,1-2H3,(H,20,22)(H,21,25). The molecule has 7 heteroatoms. The smallest absolute Gasteiger partial charge is 0.259 e. The van der Waals surface area contributed by atoms with Gasteiger partial charge < -0.3 is 10.1 Å². The maximum absolute atomic E-state index is 12.9. The molecule has 0 spiro atoms. The van der Waals surface area contributed by atoms with Gasteiger partial charge in [-0.3, -0.25) is 14.6 Å². The van der Waals surface area contributed by atoms with Crippen molar-refractivity contribution >= 4 is 22.5 Å². The Morgan fingerprint density at radius 1 is 1.19 bits per heavy atom. The maximum atomic E-state index is 12.9. The van der Waals surface area contributed by atoms with Crippen molar-refractivity contribution in [3.63, 3.8) is 0 Å². The minimum Gasteiger partial charge on any atom is -0.496 e. The molecule has 0 bridgehead atoms. The Morgan fingerprint density at radius 3 is 2.88 bits per heavy atom. The number of amides is 1. The molecular weight excluding hydrogens is 330 g/mol. The lowest BCUT2D eigenvalue weighted by Gasteiger charge is -2.09. The molecule has 0 aliphatic carbocycles. The van der Waals surface area contributed by atoms with Crippen LogP contribution in [-0.2, 0) is 7.05 Å². The molecule has 0 atom stereocenters. The quantitative estimate of drug-likeness (QED) is 0.593. The van der Waals surface area contributed by atoms with Crippen molar-refractivity contribution in [3.05, 3.63) is 60.4 Å². The minimum absolute atomic E-state index is 0.249. The zero-order valence-electron chi connectivity index (χ0n) is 14.4. The number of carbonyl (C=O) groups is 1. The number of aromatic nitrogens is 4. The van der Waals surface area contributed by atoms with Crippen molar-refractivity contribution in [3.8, 4) is 17.0 Å². The van der Waals surface area contributed by atoms with E-state index < -0.39 is 0 Å². The fourth-order valence-corrected chi connectivity index (χ4v) is 2.96. The van der Waals surface area contributed by atoms with Gasteiger partial charge in [-0.05, 0) is 18.2 Å². The second kappa shape index (κ2) is 6.36. The second-order valence-electron chi connectivity index (χ2n) is 5.86. The van der Waals surface area contributed by atoms with E-state index in [2.05, 4.69) is 20.6 Å². The van der Waals surface area contributed by atoms with Crippen LogP contribution in [0.25, 0.3) is 22.2 Å². The molecule has 0 aliphatic rings. The third-order valence-electron chi connectivity index (χ3n) is 4.16. The van der Waals surface area contributed by atoms with E-state index >= 15 is 0 Å². The van der Waals surface area contributed by atoms with Gasteiger partial charge in [0.05, 0.1) is 30.1 Å². The van der Waals surface area contributed by atoms with Crippen LogP contribution in [0.5, 0.6) is 5.75 Å². The molecule has 26 heavy (non-hydrogen) atoms. The van der Waals surface area contributed by atoms with Crippen molar-refractivity contribution in [2.24, 2.45) is 7.05 Å². The summed E-state index contributed by atoms with van der Waals surface area (Å²) in [7, 11) is 3.38. The van der Waals surface area contributed by atoms with E-state index in [1.54, 1.807) is 31.2 Å². The molecule has 2 N–H and O–H groups in total. The number of carbonyl (C=O) groups excluding carboxylic acids is 1. The molecule has 4 rings (SSSR count). The summed E-state index contributed by atoms with van der Waals surface area (Å²) >= 11 is 0. The number of hydrogen-bond acceptors (Lipinski definition) is 4. The number of benzene rings is 2. The summed E-state index contributed by atoms with van der Waals surface area (Å²) in [5.41, 5.74) is 3.25. The lowest BCUT2D eigenvalue weighted by atomic mass is 10.1. The molecule has 0 aliphatic heterocycles. The Labute approximate surface area is 149 Å². The molecular formula is C19H17N5O2. The number of anilines is 1. The van der Waals surface area contributed by atoms with Gasteiger partial charge in [-0.25, -0.2) is 0 Å². The minimum atomic E-state index is -0.249. The van der Waals surface area contributed by atoms with Crippen LogP contribution in [0.15, 0.2) is 54.9 Å². The maximum Gasteiger partial charge on any atom is 0.259 e. The van der Waals surface area contributed by atoms with E-state index in [0.29, 0.717) is 22.7 Å². The van der Waals surface area contributed by atoms with E-state index in [9.17, 15) is 4.79 Å². The van der Waals surface area contributed by atoms with Gasteiger partial charge in [0.2, 0.25) is 0 Å². The lowest BCUT2D eigenvalue weighted by molar-refractivity contribution is 0.102. The van der Waals surface area contributed by atoms with Gasteiger partial charge in [0.25, 0.3) is 5.91 Å². The molecule has 0 radical (unpaired) electrons. The van der Waals surface area contributed by atoms with Gasteiger partial charge in [0, 0.05) is 24.2 Å². The predicted octanol–water partition coefficient (Wildman–Crippen LogP) is 3.22. The fraction of sp³-hybridized carbons (Fsp3) is 0.105. The Kier molecular flexibility index (Phi) is 3.89. The van der Waals surface area contributed by atoms with E-state index in [4.69, 9.17) is 4.74 Å². The Hall–Kier alpha value is -3.61. The van der Waals surface area contributed by atoms with Crippen LogP contribution in [0.2, 0.25) is 0 Å². The van der Waals surface area contributed by atoms with Crippen LogP contribution >= 0.6 is 0 Å². The number of rotatable bonds is 4. The number of methoxy groups -OCH3 is 1. The molecule has 0 unspecified atom stereocenters. The molecule has 2 aromatic heterocycles. The number of ether oxygens (including phenoxy) is 1. The number of aromatic amines is 1. The van der Waals surface area contributed by atoms with Crippen LogP contribution in [-0.4, -0.2) is 33.0 Å². The van der Waals surface area contributed by atoms with E-state index in [1.807, 2.05) is 42.5 Å². The van der Waals surface area contributed by atoms with Crippen molar-refractivity contribution in [1.82, 2.24) is 20.0 Å². The van der Waals surface area contributed by atoms with Crippen molar-refractivity contribution in [2.45, 2.75) is 0 Å². The highest BCUT2D eigenvalue weighted by atomic mass is 16.5. The number of aryl methyl sites for hydroxylation is 1. The molecule has 0 fully saturated rings. The molecule has 7 nitrogen and oxygen atoms in total. The van der Waals surface area contributed by atoms with E-state index in [0.717, 1.165) is 16.5 Å². The first-order chi connectivity index (χ1) is 12.7. The summed E-state index contributed by atoms with van der Waals surface area (Å²) in [5.74, 6) is 0.414. The molecule has 2 aromatic carbocycles. The van der Waals surface area contributed by atoms with Gasteiger partial charge in [0.1, 0.15) is 11.4 Å². The van der Waals surface area contributed by atoms with Gasteiger partial charge in [0.15, 0.2) is 0 Å². The first-order valence-electron chi connectivity index (χ1n) is 8.08. The average molecular weight is 347 g/mol. The second-order valence-corrected chi connectivity index (χ2v) is 5.86. The Morgan fingerprint density at radius 2 is 2.04 bits per heavy atom.